The molecule has 2 N–H and O–H groups in total. The van der Waals surface area contributed by atoms with Gasteiger partial charge in [0.05, 0.1) is 6.54 Å². The van der Waals surface area contributed by atoms with E-state index in [1.807, 2.05) is 25.1 Å². The van der Waals surface area contributed by atoms with E-state index in [4.69, 9.17) is 23.2 Å². The number of amides is 2. The molecule has 1 heterocycles. The van der Waals surface area contributed by atoms with Gasteiger partial charge in [-0.25, -0.2) is 4.98 Å². The lowest BCUT2D eigenvalue weighted by Gasteiger charge is -2.07. The number of nitrogens with zero attached hydrogens (tertiary/aromatic N) is 1. The number of aryl methyl sites for hydroxylation is 1. The average molecular weight is 434 g/mol. The number of hydrogen-bond acceptors (Lipinski definition) is 4. The van der Waals surface area contributed by atoms with E-state index in [-0.39, 0.29) is 18.4 Å². The van der Waals surface area contributed by atoms with Gasteiger partial charge < -0.3 is 10.6 Å². The maximum atomic E-state index is 12.2. The number of nitrogens with one attached hydrogen (secondary N) is 2. The standard InChI is InChI=1S/C20H17Cl2N3O2S/c1-12-4-2-3-5-16(12)19(27)23-11-18(26)25-20-24-10-15(28-20)9-13-8-14(21)6-7-17(13)22/h2-8,10H,9,11H2,1H3,(H,23,27)(H,24,25,26). The maximum absolute atomic E-state index is 12.2. The number of carbonyl (C=O) groups is 2. The third-order valence-electron chi connectivity index (χ3n) is 3.97. The van der Waals surface area contributed by atoms with Crippen molar-refractivity contribution in [2.75, 3.05) is 11.9 Å². The third-order valence-corrected chi connectivity index (χ3v) is 5.49. The Labute approximate surface area is 176 Å². The van der Waals surface area contributed by atoms with Crippen molar-refractivity contribution < 1.29 is 9.59 Å². The average Bonchev–Trinajstić information content (AvgIpc) is 3.10. The maximum Gasteiger partial charge on any atom is 0.251 e. The van der Waals surface area contributed by atoms with Crippen LogP contribution >= 0.6 is 34.5 Å². The van der Waals surface area contributed by atoms with Gasteiger partial charge in [0.2, 0.25) is 5.91 Å². The highest BCUT2D eigenvalue weighted by Crippen LogP contribution is 2.26. The molecular weight excluding hydrogens is 417 g/mol. The van der Waals surface area contributed by atoms with Gasteiger partial charge in [-0.1, -0.05) is 41.4 Å². The van der Waals surface area contributed by atoms with Crippen LogP contribution in [0.1, 0.15) is 26.4 Å². The number of hydrogen-bond donors (Lipinski definition) is 2. The Morgan fingerprint density at radius 2 is 1.93 bits per heavy atom. The first-order valence-corrected chi connectivity index (χ1v) is 10.0. The Hall–Kier alpha value is -2.41. The number of benzene rings is 2. The molecule has 0 fully saturated rings. The highest BCUT2D eigenvalue weighted by molar-refractivity contribution is 7.15. The van der Waals surface area contributed by atoms with Crippen molar-refractivity contribution in [2.45, 2.75) is 13.3 Å². The zero-order valence-corrected chi connectivity index (χ0v) is 17.3. The molecule has 28 heavy (non-hydrogen) atoms. The van der Waals surface area contributed by atoms with Gasteiger partial charge in [0, 0.05) is 33.1 Å². The van der Waals surface area contributed by atoms with E-state index in [1.165, 1.54) is 11.3 Å². The van der Waals surface area contributed by atoms with E-state index in [0.717, 1.165) is 16.0 Å². The van der Waals surface area contributed by atoms with Gasteiger partial charge in [0.1, 0.15) is 0 Å². The molecule has 0 aliphatic carbocycles. The minimum atomic E-state index is -0.344. The largest absolute Gasteiger partial charge is 0.343 e. The molecule has 0 unspecified atom stereocenters. The van der Waals surface area contributed by atoms with Gasteiger partial charge in [-0.3, -0.25) is 9.59 Å². The monoisotopic (exact) mass is 433 g/mol. The Balaban J connectivity index is 1.54. The van der Waals surface area contributed by atoms with Gasteiger partial charge in [-0.15, -0.1) is 11.3 Å². The van der Waals surface area contributed by atoms with Gasteiger partial charge >= 0.3 is 0 Å². The molecule has 0 spiro atoms. The molecule has 0 bridgehead atoms. The van der Waals surface area contributed by atoms with Gasteiger partial charge in [0.25, 0.3) is 5.91 Å². The molecule has 8 heteroatoms. The van der Waals surface area contributed by atoms with E-state index in [9.17, 15) is 9.59 Å². The number of rotatable bonds is 6. The van der Waals surface area contributed by atoms with Gasteiger partial charge in [-0.05, 0) is 42.3 Å². The van der Waals surface area contributed by atoms with Crippen LogP contribution in [0.3, 0.4) is 0 Å². The van der Waals surface area contributed by atoms with Crippen molar-refractivity contribution in [3.63, 3.8) is 0 Å². The number of thiazole rings is 1. The second kappa shape index (κ2) is 9.19. The Morgan fingerprint density at radius 3 is 2.71 bits per heavy atom. The van der Waals surface area contributed by atoms with E-state index in [1.54, 1.807) is 30.5 Å². The van der Waals surface area contributed by atoms with Crippen molar-refractivity contribution in [1.29, 1.82) is 0 Å². The molecule has 0 aliphatic rings. The Morgan fingerprint density at radius 1 is 1.14 bits per heavy atom. The van der Waals surface area contributed by atoms with Crippen molar-refractivity contribution in [1.82, 2.24) is 10.3 Å². The summed E-state index contributed by atoms with van der Waals surface area (Å²) in [5.41, 5.74) is 2.29. The summed E-state index contributed by atoms with van der Waals surface area (Å²) in [7, 11) is 0. The molecule has 0 saturated carbocycles. The highest BCUT2D eigenvalue weighted by Gasteiger charge is 2.12. The van der Waals surface area contributed by atoms with E-state index in [0.29, 0.717) is 27.2 Å². The molecule has 0 atom stereocenters. The molecular formula is C20H17Cl2N3O2S. The first-order valence-electron chi connectivity index (χ1n) is 8.44. The van der Waals surface area contributed by atoms with Crippen LogP contribution in [-0.4, -0.2) is 23.3 Å². The smallest absolute Gasteiger partial charge is 0.251 e. The summed E-state index contributed by atoms with van der Waals surface area (Å²) in [6, 6.07) is 12.5. The van der Waals surface area contributed by atoms with E-state index in [2.05, 4.69) is 15.6 Å². The molecule has 5 nitrogen and oxygen atoms in total. The van der Waals surface area contributed by atoms with Crippen molar-refractivity contribution in [2.24, 2.45) is 0 Å². The first-order chi connectivity index (χ1) is 13.4. The van der Waals surface area contributed by atoms with Gasteiger partial charge in [-0.2, -0.15) is 0 Å². The zero-order valence-electron chi connectivity index (χ0n) is 15.0. The lowest BCUT2D eigenvalue weighted by Crippen LogP contribution is -2.33. The normalized spacial score (nSPS) is 10.5. The summed E-state index contributed by atoms with van der Waals surface area (Å²) in [4.78, 5) is 29.4. The lowest BCUT2D eigenvalue weighted by molar-refractivity contribution is -0.115. The second-order valence-electron chi connectivity index (χ2n) is 6.09. The van der Waals surface area contributed by atoms with Crippen molar-refractivity contribution in [3.05, 3.63) is 80.3 Å². The zero-order chi connectivity index (χ0) is 20.1. The predicted octanol–water partition coefficient (Wildman–Crippen LogP) is 4.72. The van der Waals surface area contributed by atoms with E-state index >= 15 is 0 Å². The van der Waals surface area contributed by atoms with Crippen molar-refractivity contribution >= 4 is 51.5 Å². The third kappa shape index (κ3) is 5.32. The highest BCUT2D eigenvalue weighted by atomic mass is 35.5. The minimum Gasteiger partial charge on any atom is -0.343 e. The molecule has 2 amide bonds. The summed E-state index contributed by atoms with van der Waals surface area (Å²) < 4.78 is 0. The van der Waals surface area contributed by atoms with Crippen LogP contribution in [0.25, 0.3) is 0 Å². The second-order valence-corrected chi connectivity index (χ2v) is 8.05. The summed E-state index contributed by atoms with van der Waals surface area (Å²) in [5.74, 6) is -0.632. The van der Waals surface area contributed by atoms with Crippen LogP contribution < -0.4 is 10.6 Å². The number of carbonyl (C=O) groups excluding carboxylic acids is 2. The predicted molar refractivity (Wildman–Crippen MR) is 114 cm³/mol. The molecule has 0 aliphatic heterocycles. The van der Waals surface area contributed by atoms with Crippen LogP contribution in [0, 0.1) is 6.92 Å². The van der Waals surface area contributed by atoms with Crippen LogP contribution in [-0.2, 0) is 11.2 Å². The van der Waals surface area contributed by atoms with Crippen LogP contribution in [0.4, 0.5) is 5.13 Å². The quantitative estimate of drug-likeness (QED) is 0.590. The molecule has 144 valence electrons. The molecule has 0 radical (unpaired) electrons. The fraction of sp³-hybridized carbons (Fsp3) is 0.150. The van der Waals surface area contributed by atoms with Crippen molar-refractivity contribution in [3.8, 4) is 0 Å². The Kier molecular flexibility index (Phi) is 6.67. The molecule has 2 aromatic carbocycles. The van der Waals surface area contributed by atoms with E-state index < -0.39 is 0 Å². The summed E-state index contributed by atoms with van der Waals surface area (Å²) in [6.07, 6.45) is 2.25. The molecule has 1 aromatic heterocycles. The summed E-state index contributed by atoms with van der Waals surface area (Å²) in [5, 5.41) is 7.01. The molecule has 3 rings (SSSR count). The number of halogens is 2. The van der Waals surface area contributed by atoms with Crippen LogP contribution in [0.5, 0.6) is 0 Å². The number of aromatic nitrogens is 1. The lowest BCUT2D eigenvalue weighted by atomic mass is 10.1. The molecule has 0 saturated heterocycles. The fourth-order valence-electron chi connectivity index (χ4n) is 2.56. The topological polar surface area (TPSA) is 71.1 Å². The molecule has 3 aromatic rings. The fourth-order valence-corrected chi connectivity index (χ4v) is 3.79. The van der Waals surface area contributed by atoms with Gasteiger partial charge in [0.15, 0.2) is 5.13 Å². The van der Waals surface area contributed by atoms with Crippen LogP contribution in [0.2, 0.25) is 10.0 Å². The summed E-state index contributed by atoms with van der Waals surface area (Å²) >= 11 is 13.5. The number of anilines is 1. The first kappa shape index (κ1) is 20.3. The SMILES string of the molecule is Cc1ccccc1C(=O)NCC(=O)Nc1ncc(Cc2cc(Cl)ccc2Cl)s1. The summed E-state index contributed by atoms with van der Waals surface area (Å²) in [6.45, 7) is 1.71. The minimum absolute atomic E-state index is 0.137. The Bertz CT molecular complexity index is 1020. The van der Waals surface area contributed by atoms with Crippen LogP contribution in [0.15, 0.2) is 48.7 Å².